The second kappa shape index (κ2) is 4.57. The van der Waals surface area contributed by atoms with E-state index in [1.165, 1.54) is 18.2 Å². The first-order chi connectivity index (χ1) is 7.66. The average molecular weight is 224 g/mol. The summed E-state index contributed by atoms with van der Waals surface area (Å²) in [7, 11) is 0. The molecule has 1 aromatic heterocycles. The second-order valence-corrected chi connectivity index (χ2v) is 3.96. The number of carbonyl (C=O) groups is 1. The summed E-state index contributed by atoms with van der Waals surface area (Å²) in [6, 6.07) is 4.03. The minimum Gasteiger partial charge on any atom is -0.391 e. The van der Waals surface area contributed by atoms with E-state index in [-0.39, 0.29) is 12.2 Å². The van der Waals surface area contributed by atoms with Gasteiger partial charge in [0.05, 0.1) is 6.10 Å². The van der Waals surface area contributed by atoms with Crippen LogP contribution < -0.4 is 5.32 Å². The molecule has 1 fully saturated rings. The first-order valence-electron chi connectivity index (χ1n) is 5.25. The van der Waals surface area contributed by atoms with E-state index in [2.05, 4.69) is 10.3 Å². The molecule has 1 aliphatic rings. The van der Waals surface area contributed by atoms with Gasteiger partial charge in [0.1, 0.15) is 5.69 Å². The lowest BCUT2D eigenvalue weighted by atomic mass is 10.2. The fourth-order valence-electron chi connectivity index (χ4n) is 1.47. The van der Waals surface area contributed by atoms with Gasteiger partial charge in [0.2, 0.25) is 5.95 Å². The Balaban J connectivity index is 1.87. The summed E-state index contributed by atoms with van der Waals surface area (Å²) >= 11 is 0. The van der Waals surface area contributed by atoms with E-state index in [0.717, 1.165) is 12.8 Å². The summed E-state index contributed by atoms with van der Waals surface area (Å²) in [6.07, 6.45) is 1.52. The average Bonchev–Trinajstić information content (AvgIpc) is 3.09. The number of amides is 1. The number of carbonyl (C=O) groups excluding carboxylic acids is 1. The monoisotopic (exact) mass is 224 g/mol. The highest BCUT2D eigenvalue weighted by molar-refractivity contribution is 5.92. The van der Waals surface area contributed by atoms with Gasteiger partial charge in [0.15, 0.2) is 0 Å². The van der Waals surface area contributed by atoms with Crippen molar-refractivity contribution in [1.82, 2.24) is 10.3 Å². The number of nitrogens with one attached hydrogen (secondary N) is 1. The Morgan fingerprint density at radius 3 is 3.00 bits per heavy atom. The van der Waals surface area contributed by atoms with Crippen molar-refractivity contribution >= 4 is 5.91 Å². The highest BCUT2D eigenvalue weighted by Crippen LogP contribution is 2.32. The number of pyridine rings is 1. The Hall–Kier alpha value is -1.49. The highest BCUT2D eigenvalue weighted by atomic mass is 19.1. The van der Waals surface area contributed by atoms with Gasteiger partial charge in [-0.3, -0.25) is 4.79 Å². The van der Waals surface area contributed by atoms with E-state index in [0.29, 0.717) is 5.92 Å². The Bertz CT molecular complexity index is 393. The van der Waals surface area contributed by atoms with E-state index in [1.54, 1.807) is 0 Å². The van der Waals surface area contributed by atoms with Crippen molar-refractivity contribution in [3.05, 3.63) is 29.8 Å². The lowest BCUT2D eigenvalue weighted by Gasteiger charge is -2.10. The number of halogens is 1. The molecule has 0 aromatic carbocycles. The zero-order valence-electron chi connectivity index (χ0n) is 8.69. The molecule has 0 spiro atoms. The number of hydrogen-bond donors (Lipinski definition) is 2. The molecule has 1 aliphatic carbocycles. The van der Waals surface area contributed by atoms with Crippen LogP contribution >= 0.6 is 0 Å². The molecule has 0 aliphatic heterocycles. The number of aromatic nitrogens is 1. The van der Waals surface area contributed by atoms with E-state index >= 15 is 0 Å². The van der Waals surface area contributed by atoms with Gasteiger partial charge in [-0.15, -0.1) is 0 Å². The van der Waals surface area contributed by atoms with Gasteiger partial charge in [-0.2, -0.15) is 4.39 Å². The SMILES string of the molecule is O=C(NCC(O)C1CC1)c1cccc(F)n1. The molecule has 1 aromatic rings. The molecule has 1 unspecified atom stereocenters. The predicted octanol–water partition coefficient (Wildman–Crippen LogP) is 0.721. The van der Waals surface area contributed by atoms with Gasteiger partial charge in [-0.05, 0) is 30.9 Å². The maximum Gasteiger partial charge on any atom is 0.270 e. The Labute approximate surface area is 92.5 Å². The molecule has 16 heavy (non-hydrogen) atoms. The normalized spacial score (nSPS) is 16.9. The minimum absolute atomic E-state index is 0.0306. The van der Waals surface area contributed by atoms with Crippen LogP contribution in [0.3, 0.4) is 0 Å². The summed E-state index contributed by atoms with van der Waals surface area (Å²) < 4.78 is 12.7. The van der Waals surface area contributed by atoms with Crippen LogP contribution in [0.1, 0.15) is 23.3 Å². The summed E-state index contributed by atoms with van der Waals surface area (Å²) in [6.45, 7) is 0.196. The zero-order valence-corrected chi connectivity index (χ0v) is 8.69. The van der Waals surface area contributed by atoms with Gasteiger partial charge < -0.3 is 10.4 Å². The largest absolute Gasteiger partial charge is 0.391 e. The number of aliphatic hydroxyl groups is 1. The fourth-order valence-corrected chi connectivity index (χ4v) is 1.47. The molecule has 2 N–H and O–H groups in total. The summed E-state index contributed by atoms with van der Waals surface area (Å²) in [5, 5.41) is 12.1. The van der Waals surface area contributed by atoms with E-state index in [1.807, 2.05) is 0 Å². The van der Waals surface area contributed by atoms with Crippen LogP contribution in [0.5, 0.6) is 0 Å². The van der Waals surface area contributed by atoms with Gasteiger partial charge >= 0.3 is 0 Å². The number of hydrogen-bond acceptors (Lipinski definition) is 3. The first-order valence-corrected chi connectivity index (χ1v) is 5.25. The lowest BCUT2D eigenvalue weighted by molar-refractivity contribution is 0.0895. The molecule has 86 valence electrons. The molecular weight excluding hydrogens is 211 g/mol. The standard InChI is InChI=1S/C11H13FN2O2/c12-10-3-1-2-8(14-10)11(16)13-6-9(15)7-4-5-7/h1-3,7,9,15H,4-6H2,(H,13,16). The smallest absolute Gasteiger partial charge is 0.270 e. The summed E-state index contributed by atoms with van der Waals surface area (Å²) in [4.78, 5) is 14.9. The second-order valence-electron chi connectivity index (χ2n) is 3.96. The predicted molar refractivity (Wildman–Crippen MR) is 55.3 cm³/mol. The molecule has 0 saturated heterocycles. The molecule has 5 heteroatoms. The fraction of sp³-hybridized carbons (Fsp3) is 0.455. The van der Waals surface area contributed by atoms with Crippen LogP contribution in [0, 0.1) is 11.9 Å². The van der Waals surface area contributed by atoms with Crippen molar-refractivity contribution in [1.29, 1.82) is 0 Å². The van der Waals surface area contributed by atoms with Crippen LogP contribution in [0.2, 0.25) is 0 Å². The minimum atomic E-state index is -0.685. The third-order valence-electron chi connectivity index (χ3n) is 2.59. The molecule has 2 rings (SSSR count). The quantitative estimate of drug-likeness (QED) is 0.741. The third-order valence-corrected chi connectivity index (χ3v) is 2.59. The van der Waals surface area contributed by atoms with Gasteiger partial charge in [0, 0.05) is 6.54 Å². The van der Waals surface area contributed by atoms with Crippen LogP contribution in [0.25, 0.3) is 0 Å². The molecule has 1 saturated carbocycles. The first kappa shape index (κ1) is 11.0. The summed E-state index contributed by atoms with van der Waals surface area (Å²) in [5.41, 5.74) is 0.0306. The van der Waals surface area contributed by atoms with Crippen molar-refractivity contribution in [2.24, 2.45) is 5.92 Å². The molecule has 1 heterocycles. The molecule has 1 amide bonds. The van der Waals surface area contributed by atoms with Crippen LogP contribution in [0.4, 0.5) is 4.39 Å². The number of aliphatic hydroxyl groups excluding tert-OH is 1. The summed E-state index contributed by atoms with van der Waals surface area (Å²) in [5.74, 6) is -0.838. The highest BCUT2D eigenvalue weighted by Gasteiger charge is 2.29. The van der Waals surface area contributed by atoms with Crippen molar-refractivity contribution in [3.63, 3.8) is 0 Å². The topological polar surface area (TPSA) is 62.2 Å². The maximum absolute atomic E-state index is 12.7. The van der Waals surface area contributed by atoms with Gasteiger partial charge in [-0.1, -0.05) is 6.07 Å². The van der Waals surface area contributed by atoms with E-state index in [9.17, 15) is 14.3 Å². The van der Waals surface area contributed by atoms with Crippen LogP contribution in [-0.2, 0) is 0 Å². The Morgan fingerprint density at radius 2 is 2.38 bits per heavy atom. The zero-order chi connectivity index (χ0) is 11.5. The van der Waals surface area contributed by atoms with Gasteiger partial charge in [-0.25, -0.2) is 4.98 Å². The number of rotatable bonds is 4. The van der Waals surface area contributed by atoms with E-state index in [4.69, 9.17) is 0 Å². The van der Waals surface area contributed by atoms with Crippen LogP contribution in [-0.4, -0.2) is 28.6 Å². The molecule has 4 nitrogen and oxygen atoms in total. The Morgan fingerprint density at radius 1 is 1.62 bits per heavy atom. The van der Waals surface area contributed by atoms with Crippen molar-refractivity contribution in [2.45, 2.75) is 18.9 Å². The number of nitrogens with zero attached hydrogens (tertiary/aromatic N) is 1. The molecule has 0 radical (unpaired) electrons. The van der Waals surface area contributed by atoms with Crippen molar-refractivity contribution in [2.75, 3.05) is 6.54 Å². The third kappa shape index (κ3) is 2.76. The van der Waals surface area contributed by atoms with Crippen molar-refractivity contribution < 1.29 is 14.3 Å². The molecule has 0 bridgehead atoms. The van der Waals surface area contributed by atoms with Gasteiger partial charge in [0.25, 0.3) is 5.91 Å². The van der Waals surface area contributed by atoms with Crippen molar-refractivity contribution in [3.8, 4) is 0 Å². The molecule has 1 atom stereocenters. The van der Waals surface area contributed by atoms with Crippen LogP contribution in [0.15, 0.2) is 18.2 Å². The maximum atomic E-state index is 12.7. The lowest BCUT2D eigenvalue weighted by Crippen LogP contribution is -2.33. The van der Waals surface area contributed by atoms with E-state index < -0.39 is 18.0 Å². The molecular formula is C11H13FN2O2. The Kier molecular flexibility index (Phi) is 3.14.